The summed E-state index contributed by atoms with van der Waals surface area (Å²) in [6.45, 7) is 3.48. The summed E-state index contributed by atoms with van der Waals surface area (Å²) in [5.41, 5.74) is 7.08. The van der Waals surface area contributed by atoms with Crippen LogP contribution < -0.4 is 25.8 Å². The maximum absolute atomic E-state index is 11.0. The molecule has 0 aliphatic carbocycles. The third-order valence-electron chi connectivity index (χ3n) is 5.15. The van der Waals surface area contributed by atoms with Crippen LogP contribution in [0.5, 0.6) is 11.8 Å². The number of benzene rings is 1. The number of carbonyl (C=O) groups is 1. The zero-order chi connectivity index (χ0) is 20.8. The minimum Gasteiger partial charge on any atom is -0.477 e. The molecule has 3 heterocycles. The van der Waals surface area contributed by atoms with Crippen molar-refractivity contribution in [1.82, 2.24) is 15.3 Å². The fourth-order valence-corrected chi connectivity index (χ4v) is 3.49. The van der Waals surface area contributed by atoms with E-state index in [4.69, 9.17) is 15.2 Å². The zero-order valence-electron chi connectivity index (χ0n) is 16.6. The molecule has 156 valence electrons. The molecule has 0 bridgehead atoms. The molecule has 0 spiro atoms. The summed E-state index contributed by atoms with van der Waals surface area (Å²) in [7, 11) is 0. The Kier molecular flexibility index (Phi) is 6.24. The SMILES string of the molecule is NC(=O)Oc1nccc2cc(NCc3ccc(OCC4CCNCC4)nc3)ccc12. The number of fused-ring (bicyclic) bond motifs is 1. The molecule has 3 aromatic rings. The van der Waals surface area contributed by atoms with E-state index >= 15 is 0 Å². The molecule has 1 amide bonds. The van der Waals surface area contributed by atoms with Gasteiger partial charge in [-0.05, 0) is 67.1 Å². The van der Waals surface area contributed by atoms with Crippen molar-refractivity contribution in [3.63, 3.8) is 0 Å². The summed E-state index contributed by atoms with van der Waals surface area (Å²) in [4.78, 5) is 19.5. The van der Waals surface area contributed by atoms with Gasteiger partial charge in [0.25, 0.3) is 0 Å². The molecule has 1 aliphatic heterocycles. The van der Waals surface area contributed by atoms with E-state index < -0.39 is 6.09 Å². The van der Waals surface area contributed by atoms with E-state index in [0.717, 1.165) is 54.6 Å². The first-order valence-electron chi connectivity index (χ1n) is 10.1. The first-order valence-corrected chi connectivity index (χ1v) is 10.1. The molecular weight excluding hydrogens is 382 g/mol. The van der Waals surface area contributed by atoms with Gasteiger partial charge < -0.3 is 25.8 Å². The summed E-state index contributed by atoms with van der Waals surface area (Å²) >= 11 is 0. The Labute approximate surface area is 174 Å². The summed E-state index contributed by atoms with van der Waals surface area (Å²) in [6, 6.07) is 11.5. The van der Waals surface area contributed by atoms with Gasteiger partial charge >= 0.3 is 6.09 Å². The second kappa shape index (κ2) is 9.41. The van der Waals surface area contributed by atoms with Gasteiger partial charge in [-0.3, -0.25) is 0 Å². The topological polar surface area (TPSA) is 111 Å². The molecule has 1 fully saturated rings. The second-order valence-electron chi connectivity index (χ2n) is 7.34. The number of ether oxygens (including phenoxy) is 2. The van der Waals surface area contributed by atoms with E-state index in [1.807, 2.05) is 42.6 Å². The van der Waals surface area contributed by atoms with Crippen LogP contribution >= 0.6 is 0 Å². The lowest BCUT2D eigenvalue weighted by Gasteiger charge is -2.22. The Bertz CT molecular complexity index is 1000. The fraction of sp³-hybridized carbons (Fsp3) is 0.318. The Balaban J connectivity index is 1.33. The van der Waals surface area contributed by atoms with E-state index in [-0.39, 0.29) is 5.88 Å². The molecule has 8 nitrogen and oxygen atoms in total. The number of rotatable bonds is 7. The van der Waals surface area contributed by atoms with Gasteiger partial charge in [-0.1, -0.05) is 6.07 Å². The van der Waals surface area contributed by atoms with Crippen molar-refractivity contribution in [3.8, 4) is 11.8 Å². The molecule has 4 N–H and O–H groups in total. The van der Waals surface area contributed by atoms with Crippen LogP contribution in [0, 0.1) is 5.92 Å². The quantitative estimate of drug-likeness (QED) is 0.552. The Hall–Kier alpha value is -3.39. The van der Waals surface area contributed by atoms with Crippen molar-refractivity contribution >= 4 is 22.6 Å². The summed E-state index contributed by atoms with van der Waals surface area (Å²) < 4.78 is 10.8. The molecule has 2 aromatic heterocycles. The molecular formula is C22H25N5O3. The third-order valence-corrected chi connectivity index (χ3v) is 5.15. The lowest BCUT2D eigenvalue weighted by molar-refractivity contribution is 0.209. The molecule has 8 heteroatoms. The average molecular weight is 407 g/mol. The molecule has 0 saturated carbocycles. The molecule has 1 saturated heterocycles. The van der Waals surface area contributed by atoms with E-state index in [2.05, 4.69) is 20.6 Å². The van der Waals surface area contributed by atoms with Gasteiger partial charge in [0.15, 0.2) is 0 Å². The van der Waals surface area contributed by atoms with Crippen molar-refractivity contribution < 1.29 is 14.3 Å². The number of primary amides is 1. The number of hydrogen-bond acceptors (Lipinski definition) is 7. The Morgan fingerprint density at radius 3 is 2.80 bits per heavy atom. The number of hydrogen-bond donors (Lipinski definition) is 3. The van der Waals surface area contributed by atoms with Gasteiger partial charge in [0.2, 0.25) is 11.8 Å². The minimum atomic E-state index is -0.882. The maximum atomic E-state index is 11.0. The van der Waals surface area contributed by atoms with Crippen molar-refractivity contribution in [2.75, 3.05) is 25.0 Å². The van der Waals surface area contributed by atoms with Gasteiger partial charge in [0.05, 0.1) is 6.61 Å². The summed E-state index contributed by atoms with van der Waals surface area (Å²) in [5, 5.41) is 8.35. The van der Waals surface area contributed by atoms with E-state index in [0.29, 0.717) is 18.3 Å². The maximum Gasteiger partial charge on any atom is 0.411 e. The van der Waals surface area contributed by atoms with E-state index in [1.54, 1.807) is 6.20 Å². The highest BCUT2D eigenvalue weighted by Gasteiger charge is 2.13. The summed E-state index contributed by atoms with van der Waals surface area (Å²) in [6.07, 6.45) is 4.83. The first-order chi connectivity index (χ1) is 14.7. The molecule has 0 radical (unpaired) electrons. The smallest absolute Gasteiger partial charge is 0.411 e. The summed E-state index contributed by atoms with van der Waals surface area (Å²) in [5.74, 6) is 1.47. The molecule has 4 rings (SSSR count). The monoisotopic (exact) mass is 407 g/mol. The zero-order valence-corrected chi connectivity index (χ0v) is 16.6. The number of nitrogens with zero attached hydrogens (tertiary/aromatic N) is 2. The number of amides is 1. The van der Waals surface area contributed by atoms with E-state index in [1.165, 1.54) is 0 Å². The highest BCUT2D eigenvalue weighted by Crippen LogP contribution is 2.26. The van der Waals surface area contributed by atoms with Gasteiger partial charge in [-0.15, -0.1) is 0 Å². The van der Waals surface area contributed by atoms with Crippen LogP contribution in [0.15, 0.2) is 48.8 Å². The van der Waals surface area contributed by atoms with Gasteiger partial charge in [0, 0.05) is 36.1 Å². The van der Waals surface area contributed by atoms with Crippen LogP contribution in [0.25, 0.3) is 10.8 Å². The Morgan fingerprint density at radius 2 is 2.03 bits per heavy atom. The molecule has 1 aromatic carbocycles. The predicted octanol–water partition coefficient (Wildman–Crippen LogP) is 3.08. The van der Waals surface area contributed by atoms with Crippen molar-refractivity contribution in [2.24, 2.45) is 11.7 Å². The first kappa shape index (κ1) is 19.9. The average Bonchev–Trinajstić information content (AvgIpc) is 2.77. The fourth-order valence-electron chi connectivity index (χ4n) is 3.49. The van der Waals surface area contributed by atoms with Crippen LogP contribution in [-0.4, -0.2) is 35.8 Å². The standard InChI is InChI=1S/C22H25N5O3/c23-22(28)30-21-19-3-2-18(11-17(19)7-10-25-21)26-12-16-1-4-20(27-13-16)29-14-15-5-8-24-9-6-15/h1-4,7,10-11,13,15,24,26H,5-6,8-9,12,14H2,(H2,23,28). The molecule has 30 heavy (non-hydrogen) atoms. The van der Waals surface area contributed by atoms with Crippen molar-refractivity contribution in [1.29, 1.82) is 0 Å². The van der Waals surface area contributed by atoms with E-state index in [9.17, 15) is 4.79 Å². The number of carbonyl (C=O) groups excluding carboxylic acids is 1. The van der Waals surface area contributed by atoms with Gasteiger partial charge in [-0.25, -0.2) is 14.8 Å². The van der Waals surface area contributed by atoms with Crippen molar-refractivity contribution in [2.45, 2.75) is 19.4 Å². The van der Waals surface area contributed by atoms with Gasteiger partial charge in [-0.2, -0.15) is 0 Å². The number of nitrogens with two attached hydrogens (primary N) is 1. The largest absolute Gasteiger partial charge is 0.477 e. The minimum absolute atomic E-state index is 0.204. The van der Waals surface area contributed by atoms with Crippen LogP contribution in [-0.2, 0) is 6.54 Å². The number of nitrogens with one attached hydrogen (secondary N) is 2. The molecule has 0 atom stereocenters. The number of anilines is 1. The highest BCUT2D eigenvalue weighted by atomic mass is 16.6. The molecule has 0 unspecified atom stereocenters. The lowest BCUT2D eigenvalue weighted by Crippen LogP contribution is -2.30. The van der Waals surface area contributed by atoms with Crippen LogP contribution in [0.4, 0.5) is 10.5 Å². The number of pyridine rings is 2. The lowest BCUT2D eigenvalue weighted by atomic mass is 9.99. The van der Waals surface area contributed by atoms with Crippen LogP contribution in [0.3, 0.4) is 0 Å². The predicted molar refractivity (Wildman–Crippen MR) is 115 cm³/mol. The normalized spacial score (nSPS) is 14.4. The highest BCUT2D eigenvalue weighted by molar-refractivity contribution is 5.90. The second-order valence-corrected chi connectivity index (χ2v) is 7.34. The van der Waals surface area contributed by atoms with Crippen LogP contribution in [0.1, 0.15) is 18.4 Å². The van der Waals surface area contributed by atoms with Crippen molar-refractivity contribution in [3.05, 3.63) is 54.4 Å². The van der Waals surface area contributed by atoms with Gasteiger partial charge in [0.1, 0.15) is 0 Å². The Morgan fingerprint density at radius 1 is 1.17 bits per heavy atom. The molecule has 1 aliphatic rings. The number of aromatic nitrogens is 2. The third kappa shape index (κ3) is 5.15. The number of piperidine rings is 1. The van der Waals surface area contributed by atoms with Crippen LogP contribution in [0.2, 0.25) is 0 Å².